The van der Waals surface area contributed by atoms with Gasteiger partial charge in [-0.1, -0.05) is 12.0 Å². The van der Waals surface area contributed by atoms with Gasteiger partial charge < -0.3 is 24.6 Å². The molecule has 7 rings (SSSR count). The van der Waals surface area contributed by atoms with Gasteiger partial charge in [-0.05, 0) is 68.8 Å². The molecule has 4 saturated heterocycles. The zero-order valence-corrected chi connectivity index (χ0v) is 28.2. The fraction of sp³-hybridized carbons (Fsp3) is 0.618. The summed E-state index contributed by atoms with van der Waals surface area (Å²) in [5.74, 6) is 8.81. The third-order valence-corrected chi connectivity index (χ3v) is 11.9. The molecule has 47 heavy (non-hydrogen) atoms. The van der Waals surface area contributed by atoms with Crippen molar-refractivity contribution >= 4 is 33.1 Å². The molecule has 4 fully saturated rings. The maximum Gasteiger partial charge on any atom is 0.298 e. The van der Waals surface area contributed by atoms with Gasteiger partial charge in [0.05, 0.1) is 36.0 Å². The number of morpholine rings is 1. The molecule has 2 aromatic rings. The monoisotopic (exact) mass is 663 g/mol. The van der Waals surface area contributed by atoms with E-state index in [2.05, 4.69) is 56.0 Å². The summed E-state index contributed by atoms with van der Waals surface area (Å²) < 4.78 is 36.0. The number of benzene rings is 1. The van der Waals surface area contributed by atoms with Crippen LogP contribution in [0.1, 0.15) is 54.9 Å². The predicted octanol–water partition coefficient (Wildman–Crippen LogP) is 2.33. The Morgan fingerprint density at radius 3 is 2.53 bits per heavy atom. The number of aromatic nitrogens is 2. The highest BCUT2D eigenvalue weighted by molar-refractivity contribution is 7.91. The Balaban J connectivity index is 0.947. The minimum Gasteiger partial charge on any atom is -0.483 e. The highest BCUT2D eigenvalue weighted by Crippen LogP contribution is 2.45. The quantitative estimate of drug-likeness (QED) is 0.475. The summed E-state index contributed by atoms with van der Waals surface area (Å²) in [4.78, 5) is 30.5. The summed E-state index contributed by atoms with van der Waals surface area (Å²) in [5, 5.41) is 3.56. The third-order valence-electron chi connectivity index (χ3n) is 10.3. The fourth-order valence-electron chi connectivity index (χ4n) is 7.39. The second-order valence-corrected chi connectivity index (χ2v) is 15.7. The first kappa shape index (κ1) is 32.1. The van der Waals surface area contributed by atoms with Crippen molar-refractivity contribution in [3.8, 4) is 17.6 Å². The highest BCUT2D eigenvalue weighted by Gasteiger charge is 2.37. The lowest BCUT2D eigenvalue weighted by Crippen LogP contribution is -2.61. The second-order valence-electron chi connectivity index (χ2n) is 13.4. The van der Waals surface area contributed by atoms with E-state index in [0.29, 0.717) is 37.3 Å². The molecule has 1 aromatic carbocycles. The van der Waals surface area contributed by atoms with Gasteiger partial charge in [0, 0.05) is 58.3 Å². The summed E-state index contributed by atoms with van der Waals surface area (Å²) in [6.45, 7) is 12.8. The molecule has 0 spiro atoms. The number of carbonyl (C=O) groups excluding carboxylic acids is 1. The Morgan fingerprint density at radius 2 is 1.79 bits per heavy atom. The first-order valence-corrected chi connectivity index (χ1v) is 18.8. The number of nitrogens with zero attached hydrogens (tertiary/aromatic N) is 6. The number of fused-ring (bicyclic) bond motifs is 2. The molecule has 0 bridgehead atoms. The third kappa shape index (κ3) is 7.06. The van der Waals surface area contributed by atoms with Gasteiger partial charge in [0.1, 0.15) is 29.8 Å². The van der Waals surface area contributed by atoms with Crippen LogP contribution >= 0.6 is 0 Å². The minimum atomic E-state index is -3.01. The lowest BCUT2D eigenvalue weighted by Gasteiger charge is -2.47. The summed E-state index contributed by atoms with van der Waals surface area (Å²) in [7, 11) is -3.01. The van der Waals surface area contributed by atoms with E-state index in [4.69, 9.17) is 9.47 Å². The van der Waals surface area contributed by atoms with E-state index in [-0.39, 0.29) is 23.5 Å². The van der Waals surface area contributed by atoms with Crippen molar-refractivity contribution < 1.29 is 22.7 Å². The molecule has 0 saturated carbocycles. The van der Waals surface area contributed by atoms with Gasteiger partial charge in [0.25, 0.3) is 5.91 Å². The average molecular weight is 664 g/mol. The van der Waals surface area contributed by atoms with Gasteiger partial charge >= 0.3 is 0 Å². The summed E-state index contributed by atoms with van der Waals surface area (Å²) in [6.07, 6.45) is 4.07. The van der Waals surface area contributed by atoms with Crippen LogP contribution in [-0.2, 0) is 19.4 Å². The minimum absolute atomic E-state index is 0.0505. The molecule has 5 aliphatic rings. The Morgan fingerprint density at radius 1 is 1.04 bits per heavy atom. The van der Waals surface area contributed by atoms with Crippen molar-refractivity contribution in [1.82, 2.24) is 24.7 Å². The molecule has 1 aromatic heterocycles. The number of nitrogens with one attached hydrogen (secondary N) is 1. The number of hydrogen-bond donors (Lipinski definition) is 1. The van der Waals surface area contributed by atoms with Gasteiger partial charge in [0.15, 0.2) is 9.84 Å². The molecule has 1 amide bonds. The van der Waals surface area contributed by atoms with Gasteiger partial charge in [-0.2, -0.15) is 0 Å². The van der Waals surface area contributed by atoms with Crippen LogP contribution in [0, 0.1) is 18.8 Å². The van der Waals surface area contributed by atoms with Crippen LogP contribution in [0.4, 0.5) is 17.3 Å². The molecule has 1 N–H and O–H groups in total. The van der Waals surface area contributed by atoms with Crippen LogP contribution in [0.3, 0.4) is 0 Å². The lowest BCUT2D eigenvalue weighted by atomic mass is 9.87. The van der Waals surface area contributed by atoms with E-state index in [9.17, 15) is 13.2 Å². The fourth-order valence-corrected chi connectivity index (χ4v) is 8.59. The van der Waals surface area contributed by atoms with E-state index in [1.807, 2.05) is 16.7 Å². The molecule has 12 nitrogen and oxygen atoms in total. The molecule has 5 aliphatic heterocycles. The number of rotatable bonds is 5. The van der Waals surface area contributed by atoms with E-state index >= 15 is 0 Å². The number of carbonyl (C=O) groups is 1. The second kappa shape index (κ2) is 13.6. The molecule has 1 atom stereocenters. The SMILES string of the molecule is Cc1cc(C2CCN(C3CN(C(=O)C#CCCN4CCOCC4)C3)CC2)cc2c1O[C@H](C)c1c(ncnc1N1CCS(=O)(=O)CC1)N2. The summed E-state index contributed by atoms with van der Waals surface area (Å²) in [6, 6.07) is 4.87. The summed E-state index contributed by atoms with van der Waals surface area (Å²) >= 11 is 0. The van der Waals surface area contributed by atoms with E-state index in [0.717, 1.165) is 100 Å². The Bertz CT molecular complexity index is 1640. The Labute approximate surface area is 277 Å². The zero-order valence-electron chi connectivity index (χ0n) is 27.4. The smallest absolute Gasteiger partial charge is 0.298 e. The van der Waals surface area contributed by atoms with Crippen molar-refractivity contribution in [2.45, 2.75) is 51.2 Å². The number of amides is 1. The van der Waals surface area contributed by atoms with E-state index in [1.54, 1.807) is 6.33 Å². The predicted molar refractivity (Wildman–Crippen MR) is 180 cm³/mol. The zero-order chi connectivity index (χ0) is 32.5. The first-order chi connectivity index (χ1) is 22.7. The van der Waals surface area contributed by atoms with Crippen LogP contribution in [0.15, 0.2) is 18.5 Å². The van der Waals surface area contributed by atoms with Crippen LogP contribution in [0.2, 0.25) is 0 Å². The normalized spacial score (nSPS) is 23.7. The largest absolute Gasteiger partial charge is 0.483 e. The number of piperidine rings is 1. The maximum atomic E-state index is 12.6. The number of aryl methyl sites for hydroxylation is 1. The van der Waals surface area contributed by atoms with Gasteiger partial charge in [-0.25, -0.2) is 18.4 Å². The van der Waals surface area contributed by atoms with Crippen LogP contribution in [-0.4, -0.2) is 129 Å². The molecule has 0 unspecified atom stereocenters. The molecular weight excluding hydrogens is 618 g/mol. The molecule has 13 heteroatoms. The van der Waals surface area contributed by atoms with Crippen LogP contribution in [0.5, 0.6) is 5.75 Å². The first-order valence-electron chi connectivity index (χ1n) is 16.9. The molecule has 0 aliphatic carbocycles. The number of anilines is 3. The van der Waals surface area contributed by atoms with Gasteiger partial charge in [0.2, 0.25) is 0 Å². The van der Waals surface area contributed by atoms with Crippen molar-refractivity contribution in [2.75, 3.05) is 93.8 Å². The van der Waals surface area contributed by atoms with Crippen molar-refractivity contribution in [3.05, 3.63) is 35.2 Å². The maximum absolute atomic E-state index is 12.6. The van der Waals surface area contributed by atoms with Crippen LogP contribution < -0.4 is 15.0 Å². The van der Waals surface area contributed by atoms with Gasteiger partial charge in [-0.15, -0.1) is 0 Å². The molecule has 252 valence electrons. The van der Waals surface area contributed by atoms with Crippen LogP contribution in [0.25, 0.3) is 0 Å². The molecule has 0 radical (unpaired) electrons. The average Bonchev–Trinajstić information content (AvgIpc) is 3.19. The number of ether oxygens (including phenoxy) is 2. The topological polar surface area (TPSA) is 120 Å². The van der Waals surface area contributed by atoms with Gasteiger partial charge in [-0.3, -0.25) is 14.6 Å². The summed E-state index contributed by atoms with van der Waals surface area (Å²) in [5.41, 5.74) is 4.12. The lowest BCUT2D eigenvalue weighted by molar-refractivity contribution is -0.132. The number of hydrogen-bond acceptors (Lipinski definition) is 11. The number of likely N-dealkylation sites (tertiary alicyclic amines) is 2. The highest BCUT2D eigenvalue weighted by atomic mass is 32.2. The molecule has 6 heterocycles. The van der Waals surface area contributed by atoms with Crippen molar-refractivity contribution in [1.29, 1.82) is 0 Å². The van der Waals surface area contributed by atoms with E-state index < -0.39 is 9.84 Å². The van der Waals surface area contributed by atoms with Crippen molar-refractivity contribution in [2.24, 2.45) is 0 Å². The van der Waals surface area contributed by atoms with E-state index in [1.165, 1.54) is 5.56 Å². The Kier molecular flexibility index (Phi) is 9.29. The Hall–Kier alpha value is -3.44. The standard InChI is InChI=1S/C34H45N7O5S/c1-24-19-27(20-29-32(24)46-25(2)31-33(37-29)35-23-36-34(31)40-13-17-47(43,44)18-14-40)26-6-9-39(10-7-26)28-21-41(22-28)30(42)5-3-4-8-38-11-15-45-16-12-38/h19-20,23,25-26,28H,4,6-18,21-22H2,1-2H3,(H,35,36,37)/t25-/m1/s1. The molecular formula is C34H45N7O5S. The number of sulfone groups is 1. The van der Waals surface area contributed by atoms with Crippen molar-refractivity contribution in [3.63, 3.8) is 0 Å².